The monoisotopic (exact) mass is 574 g/mol. The zero-order chi connectivity index (χ0) is 28.8. The predicted molar refractivity (Wildman–Crippen MR) is 162 cm³/mol. The maximum atomic E-state index is 13.8. The third-order valence-corrected chi connectivity index (χ3v) is 6.86. The topological polar surface area (TPSA) is 111 Å². The summed E-state index contributed by atoms with van der Waals surface area (Å²) in [6.07, 6.45) is 0.824. The molecule has 4 N–H and O–H groups in total. The number of amides is 3. The Morgan fingerprint density at radius 2 is 1.70 bits per heavy atom. The first-order chi connectivity index (χ1) is 18.3. The summed E-state index contributed by atoms with van der Waals surface area (Å²) >= 11 is 0. The molecule has 0 bridgehead atoms. The van der Waals surface area contributed by atoms with Gasteiger partial charge in [0.05, 0.1) is 12.1 Å². The Kier molecular flexibility index (Phi) is 12.1. The molecule has 2 aromatic rings. The highest BCUT2D eigenvalue weighted by molar-refractivity contribution is 6.04. The van der Waals surface area contributed by atoms with Crippen LogP contribution in [0.4, 0.5) is 0 Å². The van der Waals surface area contributed by atoms with Gasteiger partial charge >= 0.3 is 0 Å². The van der Waals surface area contributed by atoms with Crippen molar-refractivity contribution in [2.24, 2.45) is 10.8 Å². The van der Waals surface area contributed by atoms with Crippen LogP contribution in [-0.4, -0.2) is 72.1 Å². The van der Waals surface area contributed by atoms with E-state index in [4.69, 9.17) is 0 Å². The molecule has 1 aliphatic rings. The van der Waals surface area contributed by atoms with Crippen LogP contribution in [0, 0.1) is 10.8 Å². The van der Waals surface area contributed by atoms with Gasteiger partial charge in [-0.3, -0.25) is 19.3 Å². The highest BCUT2D eigenvalue weighted by Crippen LogP contribution is 2.25. The molecule has 0 aliphatic carbocycles. The van der Waals surface area contributed by atoms with Crippen molar-refractivity contribution in [2.75, 3.05) is 26.2 Å². The standard InChI is InChI=1S/C31H46N4O4.ClH/c1-30(2,3)20-32-18-24(36)19-34-27(37)26(17-21-13-14-22-10-7-8-11-23(22)16-21)35(29(39)31(4,5)6)28(38)25-12-9-15-33-25;/h7-8,10-11,13-14,16,24-26,32-33,36H,9,12,15,17-20H2,1-6H3,(H,34,37);1H/t24-,25+,26-;/m1./s1. The van der Waals surface area contributed by atoms with Gasteiger partial charge in [0, 0.05) is 31.5 Å². The molecular formula is C31H47ClN4O4. The van der Waals surface area contributed by atoms with E-state index in [9.17, 15) is 19.5 Å². The molecule has 222 valence electrons. The lowest BCUT2D eigenvalue weighted by Crippen LogP contribution is -2.60. The van der Waals surface area contributed by atoms with Crippen molar-refractivity contribution in [1.82, 2.24) is 20.9 Å². The highest BCUT2D eigenvalue weighted by atomic mass is 35.5. The van der Waals surface area contributed by atoms with Crippen molar-refractivity contribution in [2.45, 2.75) is 79.0 Å². The molecule has 9 heteroatoms. The van der Waals surface area contributed by atoms with Gasteiger partial charge in [0.1, 0.15) is 6.04 Å². The number of benzene rings is 2. The van der Waals surface area contributed by atoms with Gasteiger partial charge < -0.3 is 21.1 Å². The lowest BCUT2D eigenvalue weighted by molar-refractivity contribution is -0.157. The minimum absolute atomic E-state index is 0. The molecule has 1 heterocycles. The number of carbonyl (C=O) groups is 3. The van der Waals surface area contributed by atoms with E-state index in [0.29, 0.717) is 19.5 Å². The summed E-state index contributed by atoms with van der Waals surface area (Å²) in [4.78, 5) is 42.4. The second-order valence-electron chi connectivity index (χ2n) is 12.9. The van der Waals surface area contributed by atoms with E-state index in [1.807, 2.05) is 42.5 Å². The number of carbonyl (C=O) groups excluding carboxylic acids is 3. The van der Waals surface area contributed by atoms with E-state index in [1.165, 1.54) is 4.90 Å². The smallest absolute Gasteiger partial charge is 0.247 e. The van der Waals surface area contributed by atoms with Crippen LogP contribution < -0.4 is 16.0 Å². The second kappa shape index (κ2) is 14.4. The predicted octanol–water partition coefficient (Wildman–Crippen LogP) is 3.44. The SMILES string of the molecule is CC(C)(C)CNC[C@@H](O)CNC(=O)[C@@H](Cc1ccc2ccccc2c1)N(C(=O)[C@@H]1CCCN1)C(=O)C(C)(C)C.Cl. The molecule has 1 aliphatic heterocycles. The number of fused-ring (bicyclic) bond motifs is 1. The van der Waals surface area contributed by atoms with Gasteiger partial charge in [0.2, 0.25) is 17.7 Å². The van der Waals surface area contributed by atoms with Crippen molar-refractivity contribution in [3.05, 3.63) is 48.0 Å². The molecular weight excluding hydrogens is 528 g/mol. The Bertz CT molecular complexity index is 1150. The Balaban J connectivity index is 0.00000560. The maximum Gasteiger partial charge on any atom is 0.247 e. The summed E-state index contributed by atoms with van der Waals surface area (Å²) in [6.45, 7) is 13.3. The second-order valence-corrected chi connectivity index (χ2v) is 12.9. The zero-order valence-electron chi connectivity index (χ0n) is 24.8. The average molecular weight is 575 g/mol. The van der Waals surface area contributed by atoms with E-state index in [1.54, 1.807) is 20.8 Å². The summed E-state index contributed by atoms with van der Waals surface area (Å²) in [5, 5.41) is 21.8. The molecule has 0 spiro atoms. The van der Waals surface area contributed by atoms with E-state index >= 15 is 0 Å². The number of hydrogen-bond donors (Lipinski definition) is 4. The van der Waals surface area contributed by atoms with Crippen molar-refractivity contribution < 1.29 is 19.5 Å². The van der Waals surface area contributed by atoms with Gasteiger partial charge in [0.15, 0.2) is 0 Å². The summed E-state index contributed by atoms with van der Waals surface area (Å²) in [6, 6.07) is 12.3. The largest absolute Gasteiger partial charge is 0.390 e. The van der Waals surface area contributed by atoms with Crippen LogP contribution in [0.5, 0.6) is 0 Å². The molecule has 0 unspecified atom stereocenters. The number of imide groups is 1. The molecule has 0 radical (unpaired) electrons. The van der Waals surface area contributed by atoms with E-state index in [2.05, 4.69) is 36.7 Å². The molecule has 3 amide bonds. The fraction of sp³-hybridized carbons (Fsp3) is 0.581. The first-order valence-electron chi connectivity index (χ1n) is 14.0. The maximum absolute atomic E-state index is 13.8. The van der Waals surface area contributed by atoms with E-state index in [-0.39, 0.29) is 36.7 Å². The van der Waals surface area contributed by atoms with Crippen LogP contribution in [0.3, 0.4) is 0 Å². The Morgan fingerprint density at radius 1 is 1.02 bits per heavy atom. The van der Waals surface area contributed by atoms with Crippen LogP contribution >= 0.6 is 12.4 Å². The van der Waals surface area contributed by atoms with Crippen LogP contribution in [0.1, 0.15) is 59.9 Å². The van der Waals surface area contributed by atoms with Crippen LogP contribution in [-0.2, 0) is 20.8 Å². The highest BCUT2D eigenvalue weighted by Gasteiger charge is 2.42. The molecule has 3 rings (SSSR count). The van der Waals surface area contributed by atoms with Crippen molar-refractivity contribution in [1.29, 1.82) is 0 Å². The molecule has 40 heavy (non-hydrogen) atoms. The quantitative estimate of drug-likeness (QED) is 0.346. The molecule has 1 fully saturated rings. The van der Waals surface area contributed by atoms with Crippen molar-refractivity contribution >= 4 is 40.9 Å². The fourth-order valence-corrected chi connectivity index (χ4v) is 4.73. The molecule has 2 aromatic carbocycles. The third-order valence-electron chi connectivity index (χ3n) is 6.86. The van der Waals surface area contributed by atoms with Gasteiger partial charge in [-0.2, -0.15) is 0 Å². The number of hydrogen-bond acceptors (Lipinski definition) is 6. The minimum Gasteiger partial charge on any atom is -0.390 e. The normalized spacial score (nSPS) is 17.1. The number of rotatable bonds is 10. The third kappa shape index (κ3) is 9.54. The molecule has 3 atom stereocenters. The van der Waals surface area contributed by atoms with Gasteiger partial charge in [-0.1, -0.05) is 84.0 Å². The van der Waals surface area contributed by atoms with Crippen molar-refractivity contribution in [3.8, 4) is 0 Å². The van der Waals surface area contributed by atoms with Crippen LogP contribution in [0.25, 0.3) is 10.8 Å². The number of aliphatic hydroxyl groups excluding tert-OH is 1. The van der Waals surface area contributed by atoms with Gasteiger partial charge in [-0.15, -0.1) is 12.4 Å². The Labute approximate surface area is 245 Å². The lowest BCUT2D eigenvalue weighted by Gasteiger charge is -2.35. The first-order valence-corrected chi connectivity index (χ1v) is 14.0. The zero-order valence-corrected chi connectivity index (χ0v) is 25.6. The summed E-state index contributed by atoms with van der Waals surface area (Å²) in [7, 11) is 0. The molecule has 0 aromatic heterocycles. The summed E-state index contributed by atoms with van der Waals surface area (Å²) in [5.41, 5.74) is 0.0447. The number of halogens is 1. The van der Waals surface area contributed by atoms with Gasteiger partial charge in [-0.05, 0) is 41.1 Å². The molecule has 8 nitrogen and oxygen atoms in total. The molecule has 0 saturated carbocycles. The number of nitrogens with one attached hydrogen (secondary N) is 3. The Morgan fingerprint density at radius 3 is 2.30 bits per heavy atom. The fourth-order valence-electron chi connectivity index (χ4n) is 4.73. The summed E-state index contributed by atoms with van der Waals surface area (Å²) in [5.74, 6) is -1.22. The average Bonchev–Trinajstić information content (AvgIpc) is 3.40. The van der Waals surface area contributed by atoms with E-state index in [0.717, 1.165) is 29.3 Å². The lowest BCUT2D eigenvalue weighted by atomic mass is 9.91. The van der Waals surface area contributed by atoms with Gasteiger partial charge in [-0.25, -0.2) is 0 Å². The molecule has 1 saturated heterocycles. The first kappa shape index (κ1) is 33.7. The van der Waals surface area contributed by atoms with Crippen LogP contribution in [0.2, 0.25) is 0 Å². The van der Waals surface area contributed by atoms with E-state index < -0.39 is 35.4 Å². The van der Waals surface area contributed by atoms with Crippen LogP contribution in [0.15, 0.2) is 42.5 Å². The number of aliphatic hydroxyl groups is 1. The Hall–Kier alpha value is -2.52. The van der Waals surface area contributed by atoms with Crippen molar-refractivity contribution in [3.63, 3.8) is 0 Å². The number of nitrogens with zero attached hydrogens (tertiary/aromatic N) is 1. The summed E-state index contributed by atoms with van der Waals surface area (Å²) < 4.78 is 0. The minimum atomic E-state index is -1.05. The van der Waals surface area contributed by atoms with Gasteiger partial charge in [0.25, 0.3) is 0 Å².